The molecule has 3 heteroatoms. The summed E-state index contributed by atoms with van der Waals surface area (Å²) in [7, 11) is 0. The van der Waals surface area contributed by atoms with Gasteiger partial charge in [0.1, 0.15) is 0 Å². The van der Waals surface area contributed by atoms with Gasteiger partial charge in [-0.1, -0.05) is 18.9 Å². The van der Waals surface area contributed by atoms with Crippen LogP contribution in [0.1, 0.15) is 36.9 Å². The van der Waals surface area contributed by atoms with Crippen LogP contribution in [0.2, 0.25) is 0 Å². The number of aryl methyl sites for hydroxylation is 1. The number of rotatable bonds is 2. The molecule has 0 aromatic carbocycles. The second-order valence-electron chi connectivity index (χ2n) is 4.28. The molecule has 2 rings (SSSR count). The van der Waals surface area contributed by atoms with Crippen LogP contribution in [0.3, 0.4) is 0 Å². The van der Waals surface area contributed by atoms with Gasteiger partial charge in [0.05, 0.1) is 5.41 Å². The topological polar surface area (TPSA) is 50.2 Å². The Kier molecular flexibility index (Phi) is 2.47. The summed E-state index contributed by atoms with van der Waals surface area (Å²) in [5.74, 6) is -0.703. The molecule has 0 aliphatic heterocycles. The number of pyridine rings is 1. The van der Waals surface area contributed by atoms with Gasteiger partial charge in [-0.2, -0.15) is 0 Å². The summed E-state index contributed by atoms with van der Waals surface area (Å²) in [4.78, 5) is 15.6. The lowest BCUT2D eigenvalue weighted by Gasteiger charge is -2.23. The minimum Gasteiger partial charge on any atom is -0.481 e. The summed E-state index contributed by atoms with van der Waals surface area (Å²) in [6.07, 6.45) is 5.20. The molecule has 1 aromatic heterocycles. The monoisotopic (exact) mass is 205 g/mol. The molecule has 15 heavy (non-hydrogen) atoms. The van der Waals surface area contributed by atoms with Crippen molar-refractivity contribution in [2.24, 2.45) is 0 Å². The fourth-order valence-corrected chi connectivity index (χ4v) is 2.36. The number of carboxylic acid groups (broad SMARTS) is 1. The Labute approximate surface area is 89.2 Å². The Morgan fingerprint density at radius 2 is 2.07 bits per heavy atom. The largest absolute Gasteiger partial charge is 0.481 e. The molecule has 0 unspecified atom stereocenters. The number of hydrogen-bond donors (Lipinski definition) is 1. The van der Waals surface area contributed by atoms with Crippen molar-refractivity contribution in [3.8, 4) is 0 Å². The van der Waals surface area contributed by atoms with Gasteiger partial charge >= 0.3 is 5.97 Å². The third-order valence-electron chi connectivity index (χ3n) is 3.33. The molecule has 0 spiro atoms. The summed E-state index contributed by atoms with van der Waals surface area (Å²) in [6.45, 7) is 1.91. The highest BCUT2D eigenvalue weighted by Gasteiger charge is 2.42. The van der Waals surface area contributed by atoms with Crippen LogP contribution >= 0.6 is 0 Å². The fraction of sp³-hybridized carbons (Fsp3) is 0.500. The zero-order chi connectivity index (χ0) is 10.9. The van der Waals surface area contributed by atoms with E-state index in [1.807, 2.05) is 19.1 Å². The molecule has 1 saturated carbocycles. The number of aromatic nitrogens is 1. The van der Waals surface area contributed by atoms with E-state index >= 15 is 0 Å². The van der Waals surface area contributed by atoms with Crippen LogP contribution in [0, 0.1) is 6.92 Å². The van der Waals surface area contributed by atoms with E-state index in [2.05, 4.69) is 4.98 Å². The molecule has 80 valence electrons. The van der Waals surface area contributed by atoms with Crippen LogP contribution in [-0.4, -0.2) is 16.1 Å². The van der Waals surface area contributed by atoms with Gasteiger partial charge in [0.15, 0.2) is 0 Å². The van der Waals surface area contributed by atoms with Gasteiger partial charge in [0.2, 0.25) is 0 Å². The van der Waals surface area contributed by atoms with Crippen LogP contribution in [-0.2, 0) is 10.2 Å². The second-order valence-corrected chi connectivity index (χ2v) is 4.28. The maximum Gasteiger partial charge on any atom is 0.314 e. The van der Waals surface area contributed by atoms with Gasteiger partial charge in [-0.3, -0.25) is 9.78 Å². The molecule has 1 fully saturated rings. The molecular formula is C12H15NO2. The van der Waals surface area contributed by atoms with E-state index in [9.17, 15) is 9.90 Å². The number of hydrogen-bond acceptors (Lipinski definition) is 2. The first-order valence-corrected chi connectivity index (χ1v) is 5.32. The Morgan fingerprint density at radius 3 is 2.53 bits per heavy atom. The number of aliphatic carboxylic acids is 1. The van der Waals surface area contributed by atoms with E-state index < -0.39 is 11.4 Å². The van der Waals surface area contributed by atoms with E-state index in [4.69, 9.17) is 0 Å². The maximum atomic E-state index is 11.4. The summed E-state index contributed by atoms with van der Waals surface area (Å²) in [5.41, 5.74) is 1.12. The summed E-state index contributed by atoms with van der Waals surface area (Å²) < 4.78 is 0. The zero-order valence-corrected chi connectivity index (χ0v) is 8.86. The Hall–Kier alpha value is -1.38. The SMILES string of the molecule is Cc1ccc(C2(C(=O)O)CCCC2)cn1. The van der Waals surface area contributed by atoms with Crippen molar-refractivity contribution < 1.29 is 9.90 Å². The molecule has 0 amide bonds. The van der Waals surface area contributed by atoms with Crippen molar-refractivity contribution in [1.29, 1.82) is 0 Å². The van der Waals surface area contributed by atoms with Crippen molar-refractivity contribution in [3.63, 3.8) is 0 Å². The van der Waals surface area contributed by atoms with Crippen molar-refractivity contribution >= 4 is 5.97 Å². The van der Waals surface area contributed by atoms with Gasteiger partial charge in [-0.05, 0) is 31.4 Å². The average Bonchev–Trinajstić information content (AvgIpc) is 2.69. The average molecular weight is 205 g/mol. The summed E-state index contributed by atoms with van der Waals surface area (Å²) in [5, 5.41) is 9.36. The van der Waals surface area contributed by atoms with Crippen LogP contribution in [0.15, 0.2) is 18.3 Å². The van der Waals surface area contributed by atoms with Gasteiger partial charge in [-0.25, -0.2) is 0 Å². The maximum absolute atomic E-state index is 11.4. The first-order valence-electron chi connectivity index (χ1n) is 5.32. The smallest absolute Gasteiger partial charge is 0.314 e. The van der Waals surface area contributed by atoms with Gasteiger partial charge in [-0.15, -0.1) is 0 Å². The minimum atomic E-state index is -0.703. The normalized spacial score (nSPS) is 19.0. The molecule has 0 atom stereocenters. The predicted octanol–water partition coefficient (Wildman–Crippen LogP) is 2.29. The van der Waals surface area contributed by atoms with E-state index in [0.717, 1.165) is 36.9 Å². The molecule has 1 aromatic rings. The fourth-order valence-electron chi connectivity index (χ4n) is 2.36. The van der Waals surface area contributed by atoms with Crippen molar-refractivity contribution in [2.45, 2.75) is 38.0 Å². The lowest BCUT2D eigenvalue weighted by atomic mass is 9.80. The molecule has 1 N–H and O–H groups in total. The standard InChI is InChI=1S/C12H15NO2/c1-9-4-5-10(8-13-9)12(11(14)15)6-2-3-7-12/h4-5,8H,2-3,6-7H2,1H3,(H,14,15). The molecule has 1 heterocycles. The van der Waals surface area contributed by atoms with Crippen LogP contribution in [0.5, 0.6) is 0 Å². The lowest BCUT2D eigenvalue weighted by molar-refractivity contribution is -0.143. The van der Waals surface area contributed by atoms with Crippen molar-refractivity contribution in [1.82, 2.24) is 4.98 Å². The highest BCUT2D eigenvalue weighted by molar-refractivity contribution is 5.81. The lowest BCUT2D eigenvalue weighted by Crippen LogP contribution is -2.32. The van der Waals surface area contributed by atoms with Gasteiger partial charge < -0.3 is 5.11 Å². The molecule has 3 nitrogen and oxygen atoms in total. The number of carbonyl (C=O) groups is 1. The first-order chi connectivity index (χ1) is 7.15. The van der Waals surface area contributed by atoms with Crippen molar-refractivity contribution in [3.05, 3.63) is 29.6 Å². The Morgan fingerprint density at radius 1 is 1.40 bits per heavy atom. The molecule has 1 aliphatic carbocycles. The number of carboxylic acids is 1. The zero-order valence-electron chi connectivity index (χ0n) is 8.86. The Bertz CT molecular complexity index is 364. The van der Waals surface area contributed by atoms with E-state index in [0.29, 0.717) is 0 Å². The minimum absolute atomic E-state index is 0.666. The quantitative estimate of drug-likeness (QED) is 0.805. The summed E-state index contributed by atoms with van der Waals surface area (Å²) in [6, 6.07) is 3.79. The predicted molar refractivity (Wildman–Crippen MR) is 56.8 cm³/mol. The summed E-state index contributed by atoms with van der Waals surface area (Å²) >= 11 is 0. The molecule has 1 aliphatic rings. The molecule has 0 radical (unpaired) electrons. The molecular weight excluding hydrogens is 190 g/mol. The van der Waals surface area contributed by atoms with E-state index in [1.165, 1.54) is 0 Å². The van der Waals surface area contributed by atoms with Crippen molar-refractivity contribution in [2.75, 3.05) is 0 Å². The number of nitrogens with zero attached hydrogens (tertiary/aromatic N) is 1. The molecule has 0 saturated heterocycles. The third-order valence-corrected chi connectivity index (χ3v) is 3.33. The van der Waals surface area contributed by atoms with Crippen LogP contribution in [0.25, 0.3) is 0 Å². The highest BCUT2D eigenvalue weighted by Crippen LogP contribution is 2.41. The highest BCUT2D eigenvalue weighted by atomic mass is 16.4. The van der Waals surface area contributed by atoms with Crippen LogP contribution < -0.4 is 0 Å². The van der Waals surface area contributed by atoms with Crippen LogP contribution in [0.4, 0.5) is 0 Å². The second kappa shape index (κ2) is 3.65. The Balaban J connectivity index is 2.41. The van der Waals surface area contributed by atoms with Gasteiger partial charge in [0.25, 0.3) is 0 Å². The van der Waals surface area contributed by atoms with E-state index in [-0.39, 0.29) is 0 Å². The van der Waals surface area contributed by atoms with E-state index in [1.54, 1.807) is 6.20 Å². The molecule has 0 bridgehead atoms. The first kappa shape index (κ1) is 10.1. The third kappa shape index (κ3) is 1.62. The van der Waals surface area contributed by atoms with Gasteiger partial charge in [0, 0.05) is 11.9 Å².